The highest BCUT2D eigenvalue weighted by Crippen LogP contribution is 2.36. The van der Waals surface area contributed by atoms with E-state index >= 15 is 0 Å². The molecular weight excluding hydrogens is 472 g/mol. The molecule has 0 aliphatic carbocycles. The van der Waals surface area contributed by atoms with Gasteiger partial charge in [0.25, 0.3) is 5.69 Å². The first-order valence-electron chi connectivity index (χ1n) is 8.58. The zero-order chi connectivity index (χ0) is 21.7. The zero-order valence-corrected chi connectivity index (χ0v) is 18.0. The second-order valence-corrected chi connectivity index (χ2v) is 7.82. The lowest BCUT2D eigenvalue weighted by atomic mass is 10.0. The lowest BCUT2D eigenvalue weighted by molar-refractivity contribution is -0.384. The molecule has 1 amide bonds. The van der Waals surface area contributed by atoms with Gasteiger partial charge in [0, 0.05) is 33.6 Å². The summed E-state index contributed by atoms with van der Waals surface area (Å²) < 4.78 is 5.80. The van der Waals surface area contributed by atoms with Gasteiger partial charge < -0.3 is 10.1 Å². The summed E-state index contributed by atoms with van der Waals surface area (Å²) in [4.78, 5) is 34.9. The van der Waals surface area contributed by atoms with Crippen molar-refractivity contribution >= 4 is 55.9 Å². The number of ether oxygens (including phenoxy) is 1. The summed E-state index contributed by atoms with van der Waals surface area (Å²) in [6, 6.07) is 13.2. The number of nitro groups is 1. The number of carbonyl (C=O) groups is 2. The van der Waals surface area contributed by atoms with E-state index in [-0.39, 0.29) is 11.3 Å². The van der Waals surface area contributed by atoms with Gasteiger partial charge in [-0.2, -0.15) is 0 Å². The topological polar surface area (TPSA) is 98.5 Å². The maximum atomic E-state index is 12.4. The first kappa shape index (κ1) is 21.4. The minimum atomic E-state index is -0.552. The molecule has 0 unspecified atom stereocenters. The van der Waals surface area contributed by atoms with E-state index in [2.05, 4.69) is 21.2 Å². The molecule has 0 spiro atoms. The summed E-state index contributed by atoms with van der Waals surface area (Å²) in [5.41, 5.74) is 2.36. The van der Waals surface area contributed by atoms with Crippen LogP contribution in [0.1, 0.15) is 15.9 Å². The Balaban J connectivity index is 1.81. The standard InChI is InChI=1S/C21H15BrN2O5S/c1-29-21(26)19-17(14-5-7-15(22)8-6-14)12-30-20(19)23-18(25)11-4-13-2-9-16(10-3-13)24(27)28/h2-12H,1H3,(H,23,25)/b11-4+. The number of esters is 1. The lowest BCUT2D eigenvalue weighted by Crippen LogP contribution is -2.11. The predicted octanol–water partition coefficient (Wildman–Crippen LogP) is 5.52. The van der Waals surface area contributed by atoms with Crippen molar-refractivity contribution in [2.45, 2.75) is 0 Å². The van der Waals surface area contributed by atoms with Crippen LogP contribution in [0.2, 0.25) is 0 Å². The van der Waals surface area contributed by atoms with Crippen molar-refractivity contribution in [3.8, 4) is 11.1 Å². The fourth-order valence-electron chi connectivity index (χ4n) is 2.63. The largest absolute Gasteiger partial charge is 0.465 e. The maximum Gasteiger partial charge on any atom is 0.341 e. The molecular formula is C21H15BrN2O5S. The van der Waals surface area contributed by atoms with E-state index < -0.39 is 16.8 Å². The van der Waals surface area contributed by atoms with Crippen molar-refractivity contribution in [1.82, 2.24) is 0 Å². The summed E-state index contributed by atoms with van der Waals surface area (Å²) in [6.45, 7) is 0. The quantitative estimate of drug-likeness (QED) is 0.214. The summed E-state index contributed by atoms with van der Waals surface area (Å²) in [6.07, 6.45) is 2.82. The molecule has 7 nitrogen and oxygen atoms in total. The molecule has 0 fully saturated rings. The third-order valence-corrected chi connectivity index (χ3v) is 5.53. The van der Waals surface area contributed by atoms with Crippen molar-refractivity contribution in [2.24, 2.45) is 0 Å². The van der Waals surface area contributed by atoms with Crippen LogP contribution in [0.5, 0.6) is 0 Å². The normalized spacial score (nSPS) is 10.7. The van der Waals surface area contributed by atoms with Gasteiger partial charge in [-0.3, -0.25) is 14.9 Å². The molecule has 0 saturated heterocycles. The number of amides is 1. The van der Waals surface area contributed by atoms with Gasteiger partial charge in [0.2, 0.25) is 5.91 Å². The Morgan fingerprint density at radius 2 is 1.80 bits per heavy atom. The van der Waals surface area contributed by atoms with Crippen LogP contribution in [0.3, 0.4) is 0 Å². The summed E-state index contributed by atoms with van der Waals surface area (Å²) >= 11 is 4.60. The number of hydrogen-bond acceptors (Lipinski definition) is 6. The van der Waals surface area contributed by atoms with Crippen LogP contribution >= 0.6 is 27.3 Å². The molecule has 0 saturated carbocycles. The average Bonchev–Trinajstić information content (AvgIpc) is 3.15. The van der Waals surface area contributed by atoms with E-state index in [4.69, 9.17) is 4.74 Å². The number of thiophene rings is 1. The molecule has 2 aromatic carbocycles. The minimum absolute atomic E-state index is 0.0293. The number of anilines is 1. The Labute approximate surface area is 184 Å². The van der Waals surface area contributed by atoms with Gasteiger partial charge in [-0.05, 0) is 41.5 Å². The average molecular weight is 487 g/mol. The molecule has 3 rings (SSSR count). The van der Waals surface area contributed by atoms with Crippen molar-refractivity contribution in [3.05, 3.63) is 85.7 Å². The summed E-state index contributed by atoms with van der Waals surface area (Å²) in [5, 5.41) is 15.6. The van der Waals surface area contributed by atoms with Crippen LogP contribution in [0.4, 0.5) is 10.7 Å². The highest BCUT2D eigenvalue weighted by molar-refractivity contribution is 9.10. The van der Waals surface area contributed by atoms with E-state index in [9.17, 15) is 19.7 Å². The van der Waals surface area contributed by atoms with E-state index in [1.54, 1.807) is 17.5 Å². The predicted molar refractivity (Wildman–Crippen MR) is 120 cm³/mol. The molecule has 0 aliphatic heterocycles. The van der Waals surface area contributed by atoms with Crippen molar-refractivity contribution in [2.75, 3.05) is 12.4 Å². The lowest BCUT2D eigenvalue weighted by Gasteiger charge is -2.07. The smallest absolute Gasteiger partial charge is 0.341 e. The van der Waals surface area contributed by atoms with Crippen LogP contribution in [0.25, 0.3) is 17.2 Å². The molecule has 152 valence electrons. The number of methoxy groups -OCH3 is 1. The first-order valence-corrected chi connectivity index (χ1v) is 10.3. The SMILES string of the molecule is COC(=O)c1c(-c2ccc(Br)cc2)csc1NC(=O)/C=C/c1ccc([N+](=O)[O-])cc1. The molecule has 1 heterocycles. The number of halogens is 1. The van der Waals surface area contributed by atoms with Gasteiger partial charge in [0.15, 0.2) is 0 Å². The molecule has 3 aromatic rings. The molecule has 0 aliphatic rings. The minimum Gasteiger partial charge on any atom is -0.465 e. The van der Waals surface area contributed by atoms with Crippen LogP contribution < -0.4 is 5.32 Å². The van der Waals surface area contributed by atoms with Gasteiger partial charge in [0.05, 0.1) is 12.0 Å². The second-order valence-electron chi connectivity index (χ2n) is 6.02. The van der Waals surface area contributed by atoms with E-state index in [1.807, 2.05) is 24.3 Å². The van der Waals surface area contributed by atoms with Gasteiger partial charge >= 0.3 is 5.97 Å². The highest BCUT2D eigenvalue weighted by Gasteiger charge is 2.21. The van der Waals surface area contributed by atoms with Gasteiger partial charge in [-0.15, -0.1) is 11.3 Å². The Morgan fingerprint density at radius 1 is 1.13 bits per heavy atom. The van der Waals surface area contributed by atoms with Crippen LogP contribution in [-0.2, 0) is 9.53 Å². The zero-order valence-electron chi connectivity index (χ0n) is 15.6. The number of nitrogens with zero attached hydrogens (tertiary/aromatic N) is 1. The molecule has 0 bridgehead atoms. The molecule has 0 radical (unpaired) electrons. The molecule has 0 atom stereocenters. The van der Waals surface area contributed by atoms with Gasteiger partial charge in [-0.25, -0.2) is 4.79 Å². The molecule has 1 aromatic heterocycles. The number of benzene rings is 2. The Bertz CT molecular complexity index is 1120. The molecule has 9 heteroatoms. The number of non-ortho nitro benzene ring substituents is 1. The Morgan fingerprint density at radius 3 is 2.40 bits per heavy atom. The summed E-state index contributed by atoms with van der Waals surface area (Å²) in [7, 11) is 1.28. The first-order chi connectivity index (χ1) is 14.4. The van der Waals surface area contributed by atoms with Crippen LogP contribution in [0, 0.1) is 10.1 Å². The van der Waals surface area contributed by atoms with E-state index in [0.29, 0.717) is 16.1 Å². The molecule has 30 heavy (non-hydrogen) atoms. The number of rotatable bonds is 6. The monoisotopic (exact) mass is 486 g/mol. The van der Waals surface area contributed by atoms with E-state index in [0.717, 1.165) is 10.0 Å². The Kier molecular flexibility index (Phi) is 6.76. The van der Waals surface area contributed by atoms with Gasteiger partial charge in [0.1, 0.15) is 10.6 Å². The van der Waals surface area contributed by atoms with Crippen molar-refractivity contribution < 1.29 is 19.2 Å². The number of carbonyl (C=O) groups excluding carboxylic acids is 2. The third kappa shape index (κ3) is 5.00. The van der Waals surface area contributed by atoms with E-state index in [1.165, 1.54) is 42.7 Å². The fourth-order valence-corrected chi connectivity index (χ4v) is 3.85. The maximum absolute atomic E-state index is 12.4. The fraction of sp³-hybridized carbons (Fsp3) is 0.0476. The number of hydrogen-bond donors (Lipinski definition) is 1. The highest BCUT2D eigenvalue weighted by atomic mass is 79.9. The third-order valence-electron chi connectivity index (χ3n) is 4.10. The second kappa shape index (κ2) is 9.47. The Hall–Kier alpha value is -3.30. The molecule has 1 N–H and O–H groups in total. The summed E-state index contributed by atoms with van der Waals surface area (Å²) in [5.74, 6) is -0.994. The van der Waals surface area contributed by atoms with Crippen LogP contribution in [0.15, 0.2) is 64.5 Å². The van der Waals surface area contributed by atoms with Crippen molar-refractivity contribution in [3.63, 3.8) is 0 Å². The van der Waals surface area contributed by atoms with Crippen molar-refractivity contribution in [1.29, 1.82) is 0 Å². The van der Waals surface area contributed by atoms with Gasteiger partial charge in [-0.1, -0.05) is 28.1 Å². The number of nitrogens with one attached hydrogen (secondary N) is 1. The number of nitro benzene ring substituents is 1. The van der Waals surface area contributed by atoms with Crippen LogP contribution in [-0.4, -0.2) is 23.9 Å².